The second-order valence-electron chi connectivity index (χ2n) is 9.19. The number of ether oxygens (including phenoxy) is 2. The molecule has 2 amide bonds. The summed E-state index contributed by atoms with van der Waals surface area (Å²) in [5, 5.41) is 3.05. The summed E-state index contributed by atoms with van der Waals surface area (Å²) in [6.45, 7) is 2.87. The van der Waals surface area contributed by atoms with Gasteiger partial charge in [0.25, 0.3) is 5.91 Å². The number of aromatic nitrogens is 1. The van der Waals surface area contributed by atoms with Crippen molar-refractivity contribution in [1.29, 1.82) is 0 Å². The minimum atomic E-state index is -1.16. The van der Waals surface area contributed by atoms with Crippen LogP contribution in [0.5, 0.6) is 11.5 Å². The summed E-state index contributed by atoms with van der Waals surface area (Å²) in [4.78, 5) is 29.3. The first-order chi connectivity index (χ1) is 17.5. The Bertz CT molecular complexity index is 1430. The summed E-state index contributed by atoms with van der Waals surface area (Å²) in [7, 11) is 0. The van der Waals surface area contributed by atoms with Crippen molar-refractivity contribution in [2.24, 2.45) is 0 Å². The van der Waals surface area contributed by atoms with E-state index in [1.54, 1.807) is 23.3 Å². The molecule has 0 spiro atoms. The second kappa shape index (κ2) is 8.64. The van der Waals surface area contributed by atoms with Gasteiger partial charge in [0.1, 0.15) is 17.0 Å². The molecule has 0 bridgehead atoms. The third-order valence-corrected chi connectivity index (χ3v) is 6.84. The molecular weight excluding hydrogens is 458 g/mol. The number of rotatable bonds is 6. The fourth-order valence-electron chi connectivity index (χ4n) is 4.85. The highest BCUT2D eigenvalue weighted by molar-refractivity contribution is 6.00. The van der Waals surface area contributed by atoms with Gasteiger partial charge in [0, 0.05) is 13.1 Å². The van der Waals surface area contributed by atoms with Crippen molar-refractivity contribution < 1.29 is 23.5 Å². The summed E-state index contributed by atoms with van der Waals surface area (Å²) in [6.07, 6.45) is 1.59. The lowest BCUT2D eigenvalue weighted by Gasteiger charge is -2.44. The van der Waals surface area contributed by atoms with Crippen molar-refractivity contribution in [2.75, 3.05) is 6.79 Å². The van der Waals surface area contributed by atoms with E-state index in [0.717, 1.165) is 16.8 Å². The molecule has 2 aliphatic heterocycles. The Hall–Kier alpha value is -4.46. The maximum absolute atomic E-state index is 13.9. The van der Waals surface area contributed by atoms with Gasteiger partial charge < -0.3 is 28.7 Å². The van der Waals surface area contributed by atoms with Gasteiger partial charge in [0.2, 0.25) is 12.7 Å². The van der Waals surface area contributed by atoms with Gasteiger partial charge in [-0.2, -0.15) is 0 Å². The van der Waals surface area contributed by atoms with Crippen molar-refractivity contribution in [3.63, 3.8) is 0 Å². The Morgan fingerprint density at radius 3 is 2.56 bits per heavy atom. The molecule has 182 valence electrons. The van der Waals surface area contributed by atoms with Crippen molar-refractivity contribution in [2.45, 2.75) is 32.1 Å². The van der Waals surface area contributed by atoms with E-state index >= 15 is 0 Å². The fraction of sp³-hybridized carbons (Fsp3) is 0.214. The van der Waals surface area contributed by atoms with E-state index < -0.39 is 5.54 Å². The third kappa shape index (κ3) is 3.71. The highest BCUT2D eigenvalue weighted by Crippen LogP contribution is 2.37. The zero-order valence-electron chi connectivity index (χ0n) is 19.8. The molecule has 6 rings (SSSR count). The number of hydrogen-bond donors (Lipinski definition) is 1. The molecule has 2 aromatic carbocycles. The van der Waals surface area contributed by atoms with Gasteiger partial charge in [-0.25, -0.2) is 0 Å². The lowest BCUT2D eigenvalue weighted by molar-refractivity contribution is -0.133. The Morgan fingerprint density at radius 1 is 0.944 bits per heavy atom. The van der Waals surface area contributed by atoms with Crippen molar-refractivity contribution >= 4 is 11.8 Å². The predicted molar refractivity (Wildman–Crippen MR) is 131 cm³/mol. The molecule has 1 atom stereocenters. The minimum absolute atomic E-state index is 0.171. The molecule has 0 aliphatic carbocycles. The third-order valence-electron chi connectivity index (χ3n) is 6.84. The standard InChI is InChI=1S/C28H25N3O5/c1-28(27(33)29-15-19-6-3-2-4-7-19)17-30-21(23-8-5-13-34-23)10-11-22(30)26(32)31(28)16-20-9-12-24-25(14-20)36-18-35-24/h2-14H,15-18H2,1H3,(H,29,33)/t28-/m0/s1. The van der Waals surface area contributed by atoms with Crippen molar-refractivity contribution in [3.8, 4) is 23.0 Å². The second-order valence-corrected chi connectivity index (χ2v) is 9.19. The maximum Gasteiger partial charge on any atom is 0.271 e. The van der Waals surface area contributed by atoms with Crippen LogP contribution in [-0.2, 0) is 24.4 Å². The van der Waals surface area contributed by atoms with E-state index in [4.69, 9.17) is 13.9 Å². The Morgan fingerprint density at radius 2 is 1.75 bits per heavy atom. The maximum atomic E-state index is 13.9. The topological polar surface area (TPSA) is 85.9 Å². The molecule has 0 saturated carbocycles. The van der Waals surface area contributed by atoms with Gasteiger partial charge >= 0.3 is 0 Å². The lowest BCUT2D eigenvalue weighted by Crippen LogP contribution is -2.63. The Kier molecular flexibility index (Phi) is 5.29. The Labute approximate surface area is 208 Å². The van der Waals surface area contributed by atoms with Gasteiger partial charge in [-0.05, 0) is 54.4 Å². The van der Waals surface area contributed by atoms with E-state index in [0.29, 0.717) is 29.5 Å². The number of nitrogens with one attached hydrogen (secondary N) is 1. The molecule has 8 heteroatoms. The highest BCUT2D eigenvalue weighted by atomic mass is 16.7. The molecule has 2 aliphatic rings. The van der Waals surface area contributed by atoms with Crippen LogP contribution in [0.3, 0.4) is 0 Å². The van der Waals surface area contributed by atoms with Gasteiger partial charge in [-0.1, -0.05) is 36.4 Å². The normalized spacial score (nSPS) is 18.2. The molecule has 8 nitrogen and oxygen atoms in total. The van der Waals surface area contributed by atoms with Crippen LogP contribution in [0.2, 0.25) is 0 Å². The number of benzene rings is 2. The average Bonchev–Trinajstić information content (AvgIpc) is 3.66. The SMILES string of the molecule is C[C@@]1(C(=O)NCc2ccccc2)Cn2c(ccc2-c2ccco2)C(=O)N1Cc1ccc2c(c1)OCO2. The van der Waals surface area contributed by atoms with Crippen LogP contribution in [0.1, 0.15) is 28.5 Å². The number of hydrogen-bond acceptors (Lipinski definition) is 5. The molecule has 0 saturated heterocycles. The number of furan rings is 1. The molecule has 0 radical (unpaired) electrons. The van der Waals surface area contributed by atoms with E-state index in [1.165, 1.54) is 0 Å². The highest BCUT2D eigenvalue weighted by Gasteiger charge is 2.48. The van der Waals surface area contributed by atoms with Crippen molar-refractivity contribution in [3.05, 3.63) is 95.9 Å². The Balaban J connectivity index is 1.36. The summed E-state index contributed by atoms with van der Waals surface area (Å²) < 4.78 is 18.4. The molecule has 36 heavy (non-hydrogen) atoms. The fourth-order valence-corrected chi connectivity index (χ4v) is 4.85. The number of fused-ring (bicyclic) bond motifs is 2. The predicted octanol–water partition coefficient (Wildman–Crippen LogP) is 4.21. The summed E-state index contributed by atoms with van der Waals surface area (Å²) >= 11 is 0. The van der Waals surface area contributed by atoms with Crippen LogP contribution < -0.4 is 14.8 Å². The zero-order valence-corrected chi connectivity index (χ0v) is 19.8. The van der Waals surface area contributed by atoms with Crippen LogP contribution in [0.25, 0.3) is 11.5 Å². The quantitative estimate of drug-likeness (QED) is 0.444. The molecule has 4 aromatic rings. The monoisotopic (exact) mass is 483 g/mol. The van der Waals surface area contributed by atoms with Crippen LogP contribution in [0.4, 0.5) is 0 Å². The van der Waals surface area contributed by atoms with E-state index in [2.05, 4.69) is 5.32 Å². The van der Waals surface area contributed by atoms with E-state index in [9.17, 15) is 9.59 Å². The molecule has 1 N–H and O–H groups in total. The molecular formula is C28H25N3O5. The number of carbonyl (C=O) groups excluding carboxylic acids is 2. The first-order valence-electron chi connectivity index (χ1n) is 11.8. The van der Waals surface area contributed by atoms with Crippen LogP contribution >= 0.6 is 0 Å². The number of nitrogens with zero attached hydrogens (tertiary/aromatic N) is 2. The van der Waals surface area contributed by atoms with Crippen LogP contribution in [0.15, 0.2) is 83.5 Å². The zero-order chi connectivity index (χ0) is 24.7. The van der Waals surface area contributed by atoms with Crippen LogP contribution in [-0.4, -0.2) is 33.6 Å². The first kappa shape index (κ1) is 22.0. The first-order valence-corrected chi connectivity index (χ1v) is 11.8. The summed E-state index contributed by atoms with van der Waals surface area (Å²) in [5.41, 5.74) is 1.94. The van der Waals surface area contributed by atoms with Gasteiger partial charge in [-0.15, -0.1) is 0 Å². The lowest BCUT2D eigenvalue weighted by atomic mass is 9.93. The molecule has 0 fully saturated rings. The minimum Gasteiger partial charge on any atom is -0.463 e. The average molecular weight is 484 g/mol. The number of amides is 2. The van der Waals surface area contributed by atoms with E-state index in [-0.39, 0.29) is 31.7 Å². The van der Waals surface area contributed by atoms with E-state index in [1.807, 2.05) is 72.2 Å². The molecule has 0 unspecified atom stereocenters. The van der Waals surface area contributed by atoms with Gasteiger partial charge in [0.05, 0.1) is 18.5 Å². The smallest absolute Gasteiger partial charge is 0.271 e. The molecule has 4 heterocycles. The molecule has 2 aromatic heterocycles. The van der Waals surface area contributed by atoms with Crippen molar-refractivity contribution in [1.82, 2.24) is 14.8 Å². The van der Waals surface area contributed by atoms with Gasteiger partial charge in [-0.3, -0.25) is 9.59 Å². The largest absolute Gasteiger partial charge is 0.463 e. The summed E-state index contributed by atoms with van der Waals surface area (Å²) in [5.74, 6) is 1.49. The van der Waals surface area contributed by atoms with Crippen LogP contribution in [0, 0.1) is 0 Å². The number of carbonyl (C=O) groups is 2. The van der Waals surface area contributed by atoms with Gasteiger partial charge in [0.15, 0.2) is 11.5 Å². The summed E-state index contributed by atoms with van der Waals surface area (Å²) in [6, 6.07) is 22.6.